The summed E-state index contributed by atoms with van der Waals surface area (Å²) in [5.41, 5.74) is 5.93. The van der Waals surface area contributed by atoms with Crippen LogP contribution in [0, 0.1) is 0 Å². The van der Waals surface area contributed by atoms with Crippen molar-refractivity contribution in [2.75, 3.05) is 37.5 Å². The summed E-state index contributed by atoms with van der Waals surface area (Å²) in [6.45, 7) is 3.72. The highest BCUT2D eigenvalue weighted by molar-refractivity contribution is 5.54. The van der Waals surface area contributed by atoms with Gasteiger partial charge in [0, 0.05) is 13.2 Å². The quantitative estimate of drug-likeness (QED) is 0.738. The number of aliphatic hydroxyl groups excluding tert-OH is 1. The first-order valence-electron chi connectivity index (χ1n) is 6.55. The highest BCUT2D eigenvalue weighted by atomic mass is 16.5. The number of aliphatic hydroxyl groups is 1. The van der Waals surface area contributed by atoms with Crippen molar-refractivity contribution in [2.24, 2.45) is 0 Å². The molecule has 0 saturated carbocycles. The van der Waals surface area contributed by atoms with Crippen molar-refractivity contribution in [3.05, 3.63) is 12.1 Å². The monoisotopic (exact) mass is 267 g/mol. The Morgan fingerprint density at radius 3 is 2.84 bits per heavy atom. The Bertz CT molecular complexity index is 420. The molecule has 0 amide bonds. The van der Waals surface area contributed by atoms with Crippen LogP contribution in [0.15, 0.2) is 12.1 Å². The van der Waals surface area contributed by atoms with Crippen LogP contribution in [0.1, 0.15) is 19.8 Å². The maximum atomic E-state index is 9.63. The number of nitrogens with zero attached hydrogens (tertiary/aromatic N) is 1. The van der Waals surface area contributed by atoms with Crippen molar-refractivity contribution in [1.82, 2.24) is 4.98 Å². The molecule has 0 atom stereocenters. The largest absolute Gasteiger partial charge is 0.476 e. The Hall–Kier alpha value is -1.53. The van der Waals surface area contributed by atoms with Gasteiger partial charge in [-0.05, 0) is 31.9 Å². The van der Waals surface area contributed by atoms with Gasteiger partial charge in [0.25, 0.3) is 0 Å². The summed E-state index contributed by atoms with van der Waals surface area (Å²) in [5, 5.41) is 12.9. The second-order valence-corrected chi connectivity index (χ2v) is 4.70. The van der Waals surface area contributed by atoms with Crippen LogP contribution >= 0.6 is 0 Å². The Kier molecular flexibility index (Phi) is 4.44. The fourth-order valence-electron chi connectivity index (χ4n) is 2.13. The third-order valence-electron chi connectivity index (χ3n) is 3.32. The van der Waals surface area contributed by atoms with Gasteiger partial charge in [-0.1, -0.05) is 0 Å². The molecule has 0 aliphatic carbocycles. The third kappa shape index (κ3) is 3.27. The molecule has 0 spiro atoms. The number of rotatable bonds is 5. The molecule has 1 aliphatic rings. The average molecular weight is 267 g/mol. The molecule has 1 fully saturated rings. The van der Waals surface area contributed by atoms with Crippen molar-refractivity contribution < 1.29 is 14.6 Å². The minimum absolute atomic E-state index is 0.0480. The van der Waals surface area contributed by atoms with Gasteiger partial charge in [-0.15, -0.1) is 0 Å². The molecule has 4 N–H and O–H groups in total. The highest BCUT2D eigenvalue weighted by Gasteiger charge is 2.32. The van der Waals surface area contributed by atoms with Gasteiger partial charge in [0.1, 0.15) is 5.82 Å². The van der Waals surface area contributed by atoms with Crippen molar-refractivity contribution in [1.29, 1.82) is 0 Å². The van der Waals surface area contributed by atoms with Crippen LogP contribution in [0.2, 0.25) is 0 Å². The van der Waals surface area contributed by atoms with E-state index in [4.69, 9.17) is 15.2 Å². The van der Waals surface area contributed by atoms with Crippen molar-refractivity contribution in [3.8, 4) is 5.88 Å². The number of anilines is 2. The molecule has 1 aromatic rings. The predicted molar refractivity (Wildman–Crippen MR) is 73.3 cm³/mol. The summed E-state index contributed by atoms with van der Waals surface area (Å²) in [4.78, 5) is 4.34. The molecule has 1 aliphatic heterocycles. The van der Waals surface area contributed by atoms with Crippen LogP contribution in [-0.2, 0) is 4.74 Å². The van der Waals surface area contributed by atoms with Gasteiger partial charge in [0.15, 0.2) is 0 Å². The number of hydrogen-bond donors (Lipinski definition) is 3. The molecule has 1 aromatic heterocycles. The van der Waals surface area contributed by atoms with Gasteiger partial charge in [0.05, 0.1) is 24.4 Å². The summed E-state index contributed by atoms with van der Waals surface area (Å²) in [7, 11) is 0. The molecule has 19 heavy (non-hydrogen) atoms. The molecule has 0 radical (unpaired) electrons. The molecule has 1 saturated heterocycles. The van der Waals surface area contributed by atoms with Crippen LogP contribution in [0.5, 0.6) is 5.88 Å². The molecule has 0 bridgehead atoms. The summed E-state index contributed by atoms with van der Waals surface area (Å²) in [6, 6.07) is 3.55. The maximum Gasteiger partial charge on any atom is 0.239 e. The molecule has 2 rings (SSSR count). The summed E-state index contributed by atoms with van der Waals surface area (Å²) in [6.07, 6.45) is 1.50. The van der Waals surface area contributed by atoms with Gasteiger partial charge in [-0.3, -0.25) is 0 Å². The molecule has 2 heterocycles. The van der Waals surface area contributed by atoms with Crippen LogP contribution in [0.25, 0.3) is 0 Å². The van der Waals surface area contributed by atoms with E-state index in [-0.39, 0.29) is 12.1 Å². The second-order valence-electron chi connectivity index (χ2n) is 4.70. The van der Waals surface area contributed by atoms with Gasteiger partial charge in [-0.2, -0.15) is 4.98 Å². The lowest BCUT2D eigenvalue weighted by Gasteiger charge is -2.36. The van der Waals surface area contributed by atoms with Crippen LogP contribution < -0.4 is 15.8 Å². The number of hydrogen-bond acceptors (Lipinski definition) is 6. The number of nitrogens with one attached hydrogen (secondary N) is 1. The van der Waals surface area contributed by atoms with Gasteiger partial charge >= 0.3 is 0 Å². The van der Waals surface area contributed by atoms with E-state index in [0.717, 1.165) is 12.8 Å². The van der Waals surface area contributed by atoms with Crippen molar-refractivity contribution >= 4 is 11.5 Å². The molecule has 6 heteroatoms. The number of ether oxygens (including phenoxy) is 2. The Morgan fingerprint density at radius 1 is 1.47 bits per heavy atom. The van der Waals surface area contributed by atoms with Gasteiger partial charge in [0.2, 0.25) is 5.88 Å². The van der Waals surface area contributed by atoms with Crippen LogP contribution in [0.4, 0.5) is 11.5 Å². The van der Waals surface area contributed by atoms with E-state index in [0.29, 0.717) is 37.2 Å². The average Bonchev–Trinajstić information content (AvgIpc) is 2.44. The zero-order valence-corrected chi connectivity index (χ0v) is 11.2. The van der Waals surface area contributed by atoms with E-state index in [1.165, 1.54) is 0 Å². The zero-order chi connectivity index (χ0) is 13.7. The predicted octanol–water partition coefficient (Wildman–Crippen LogP) is 1.02. The first-order chi connectivity index (χ1) is 9.19. The normalized spacial score (nSPS) is 18.0. The SMILES string of the molecule is CCOc1nc(NC2(CO)CCOCC2)ccc1N. The minimum atomic E-state index is -0.370. The Morgan fingerprint density at radius 2 is 2.21 bits per heavy atom. The molecular weight excluding hydrogens is 246 g/mol. The fraction of sp³-hybridized carbons (Fsp3) is 0.615. The van der Waals surface area contributed by atoms with E-state index >= 15 is 0 Å². The first kappa shape index (κ1) is 13.9. The smallest absolute Gasteiger partial charge is 0.239 e. The Labute approximate surface area is 112 Å². The van der Waals surface area contributed by atoms with Crippen molar-refractivity contribution in [2.45, 2.75) is 25.3 Å². The third-order valence-corrected chi connectivity index (χ3v) is 3.32. The van der Waals surface area contributed by atoms with E-state index < -0.39 is 0 Å². The van der Waals surface area contributed by atoms with E-state index in [1.807, 2.05) is 6.92 Å². The minimum Gasteiger partial charge on any atom is -0.476 e. The van der Waals surface area contributed by atoms with Crippen LogP contribution in [-0.4, -0.2) is 42.1 Å². The summed E-state index contributed by atoms with van der Waals surface area (Å²) in [5.74, 6) is 1.08. The van der Waals surface area contributed by atoms with Gasteiger partial charge in [-0.25, -0.2) is 0 Å². The van der Waals surface area contributed by atoms with Crippen LogP contribution in [0.3, 0.4) is 0 Å². The van der Waals surface area contributed by atoms with E-state index in [1.54, 1.807) is 12.1 Å². The molecular formula is C13H21N3O3. The number of aromatic nitrogens is 1. The van der Waals surface area contributed by atoms with Crippen molar-refractivity contribution in [3.63, 3.8) is 0 Å². The lowest BCUT2D eigenvalue weighted by atomic mass is 9.91. The Balaban J connectivity index is 2.15. The topological polar surface area (TPSA) is 89.6 Å². The second kappa shape index (κ2) is 6.08. The molecule has 0 aromatic carbocycles. The number of pyridine rings is 1. The molecule has 106 valence electrons. The summed E-state index contributed by atoms with van der Waals surface area (Å²) < 4.78 is 10.7. The standard InChI is InChI=1S/C13H21N3O3/c1-2-19-12-10(14)3-4-11(15-12)16-13(9-17)5-7-18-8-6-13/h3-4,17H,2,5-9,14H2,1H3,(H,15,16). The fourth-order valence-corrected chi connectivity index (χ4v) is 2.13. The van der Waals surface area contributed by atoms with E-state index in [2.05, 4.69) is 10.3 Å². The lowest BCUT2D eigenvalue weighted by molar-refractivity contribution is 0.0378. The van der Waals surface area contributed by atoms with E-state index in [9.17, 15) is 5.11 Å². The maximum absolute atomic E-state index is 9.63. The number of nitrogens with two attached hydrogens (primary N) is 1. The first-order valence-corrected chi connectivity index (χ1v) is 6.55. The highest BCUT2D eigenvalue weighted by Crippen LogP contribution is 2.27. The zero-order valence-electron chi connectivity index (χ0n) is 11.2. The molecule has 0 unspecified atom stereocenters. The van der Waals surface area contributed by atoms with Gasteiger partial charge < -0.3 is 25.6 Å². The molecule has 6 nitrogen and oxygen atoms in total. The summed E-state index contributed by atoms with van der Waals surface area (Å²) >= 11 is 0. The lowest BCUT2D eigenvalue weighted by Crippen LogP contribution is -2.47. The number of nitrogen functional groups attached to an aromatic ring is 1.